The van der Waals surface area contributed by atoms with E-state index in [1.165, 1.54) is 0 Å². The number of amides is 1. The molecule has 3 aromatic carbocycles. The van der Waals surface area contributed by atoms with E-state index >= 15 is 0 Å². The average molecular weight is 612 g/mol. The van der Waals surface area contributed by atoms with Crippen LogP contribution in [0.25, 0.3) is 10.4 Å². The van der Waals surface area contributed by atoms with Gasteiger partial charge in [0.2, 0.25) is 5.90 Å². The molecule has 3 N–H and O–H groups in total. The van der Waals surface area contributed by atoms with Crippen molar-refractivity contribution in [3.63, 3.8) is 0 Å². The van der Waals surface area contributed by atoms with E-state index in [9.17, 15) is 10.3 Å². The predicted octanol–water partition coefficient (Wildman–Crippen LogP) is 6.47. The summed E-state index contributed by atoms with van der Waals surface area (Å²) < 4.78 is 12.1. The zero-order valence-corrected chi connectivity index (χ0v) is 24.8. The van der Waals surface area contributed by atoms with Gasteiger partial charge < -0.3 is 14.6 Å². The van der Waals surface area contributed by atoms with Crippen LogP contribution in [0.5, 0.6) is 5.75 Å². The highest BCUT2D eigenvalue weighted by Gasteiger charge is 2.54. The molecule has 0 saturated carbocycles. The van der Waals surface area contributed by atoms with E-state index in [1.807, 2.05) is 13.8 Å². The van der Waals surface area contributed by atoms with E-state index < -0.39 is 17.6 Å². The number of hydrazine groups is 1. The van der Waals surface area contributed by atoms with Crippen LogP contribution in [0.4, 0.5) is 5.69 Å². The van der Waals surface area contributed by atoms with Gasteiger partial charge in [-0.25, -0.2) is 10.4 Å². The van der Waals surface area contributed by atoms with Crippen LogP contribution in [0, 0.1) is 5.92 Å². The quantitative estimate of drug-likeness (QED) is 0.0668. The SMILES string of the molecule is CC(C)CNNC(=O)[C@@]1(Cc2ccccc2N=[N+]=[N-])N=C(c2ccc(OCCCO)cc2)O[C@H]1c1ccc(Cl)cc1Cl. The number of nitrogens with one attached hydrogen (secondary N) is 2. The molecular formula is C30H32Cl2N6O4. The molecule has 0 aliphatic carbocycles. The number of ether oxygens (including phenoxy) is 2. The molecule has 42 heavy (non-hydrogen) atoms. The van der Waals surface area contributed by atoms with Crippen molar-refractivity contribution < 1.29 is 19.4 Å². The van der Waals surface area contributed by atoms with Gasteiger partial charge in [-0.05, 0) is 53.4 Å². The summed E-state index contributed by atoms with van der Waals surface area (Å²) in [6.45, 7) is 4.98. The smallest absolute Gasteiger partial charge is 0.266 e. The molecule has 0 spiro atoms. The summed E-state index contributed by atoms with van der Waals surface area (Å²) in [5.41, 5.74) is 15.6. The van der Waals surface area contributed by atoms with Gasteiger partial charge in [-0.2, -0.15) is 0 Å². The van der Waals surface area contributed by atoms with Crippen molar-refractivity contribution in [1.82, 2.24) is 10.9 Å². The van der Waals surface area contributed by atoms with Crippen molar-refractivity contribution in [1.29, 1.82) is 0 Å². The van der Waals surface area contributed by atoms with E-state index in [4.69, 9.17) is 42.8 Å². The first-order valence-electron chi connectivity index (χ1n) is 13.5. The third-order valence-corrected chi connectivity index (χ3v) is 7.15. The Labute approximate surface area is 254 Å². The molecule has 1 aliphatic rings. The van der Waals surface area contributed by atoms with Crippen molar-refractivity contribution in [3.8, 4) is 5.75 Å². The molecule has 2 atom stereocenters. The lowest BCUT2D eigenvalue weighted by Crippen LogP contribution is -2.54. The van der Waals surface area contributed by atoms with E-state index in [-0.39, 0.29) is 24.8 Å². The average Bonchev–Trinajstić information content (AvgIpc) is 3.34. The second-order valence-corrected chi connectivity index (χ2v) is 11.0. The van der Waals surface area contributed by atoms with E-state index in [2.05, 4.69) is 20.9 Å². The van der Waals surface area contributed by atoms with Crippen LogP contribution < -0.4 is 15.6 Å². The van der Waals surface area contributed by atoms with Crippen molar-refractivity contribution in [2.75, 3.05) is 19.8 Å². The van der Waals surface area contributed by atoms with Gasteiger partial charge in [-0.1, -0.05) is 72.5 Å². The van der Waals surface area contributed by atoms with E-state index in [1.54, 1.807) is 66.7 Å². The first-order valence-corrected chi connectivity index (χ1v) is 14.2. The number of aliphatic imine (C=N–C) groups is 1. The third kappa shape index (κ3) is 7.34. The first kappa shape index (κ1) is 31.2. The topological polar surface area (TPSA) is 141 Å². The van der Waals surface area contributed by atoms with Gasteiger partial charge in [0.1, 0.15) is 5.75 Å². The van der Waals surface area contributed by atoms with Gasteiger partial charge in [0, 0.05) is 57.8 Å². The second kappa shape index (κ2) is 14.4. The van der Waals surface area contributed by atoms with Gasteiger partial charge in [0.15, 0.2) is 11.6 Å². The minimum Gasteiger partial charge on any atom is -0.494 e. The molecule has 0 bridgehead atoms. The molecule has 10 nitrogen and oxygen atoms in total. The lowest BCUT2D eigenvalue weighted by atomic mass is 9.81. The fraction of sp³-hybridized carbons (Fsp3) is 0.333. The van der Waals surface area contributed by atoms with E-state index in [0.29, 0.717) is 57.7 Å². The predicted molar refractivity (Wildman–Crippen MR) is 163 cm³/mol. The molecule has 0 aromatic heterocycles. The Balaban J connectivity index is 1.84. The minimum atomic E-state index is -1.56. The van der Waals surface area contributed by atoms with Crippen LogP contribution in [0.15, 0.2) is 76.8 Å². The Morgan fingerprint density at radius 1 is 1.19 bits per heavy atom. The number of rotatable bonds is 13. The maximum atomic E-state index is 14.2. The molecule has 220 valence electrons. The number of hydrogen-bond donors (Lipinski definition) is 3. The molecule has 0 saturated heterocycles. The van der Waals surface area contributed by atoms with Crippen LogP contribution in [0.2, 0.25) is 10.0 Å². The van der Waals surface area contributed by atoms with Crippen LogP contribution in [-0.4, -0.2) is 42.2 Å². The van der Waals surface area contributed by atoms with E-state index in [0.717, 1.165) is 0 Å². The minimum absolute atomic E-state index is 0.0346. The van der Waals surface area contributed by atoms with Gasteiger partial charge in [-0.3, -0.25) is 10.2 Å². The standard InChI is InChI=1S/C30H32Cl2N6O4/c1-19(2)18-34-37-29(40)30(17-21-6-3-4-7-26(21)36-38-33)27(24-13-10-22(31)16-25(24)32)42-28(35-30)20-8-11-23(12-9-20)41-15-5-14-39/h3-4,6-13,16,19,27,34,39H,5,14-15,17-18H2,1-2H3,(H,37,40)/t27-,30-/m0/s1. The maximum Gasteiger partial charge on any atom is 0.266 e. The fourth-order valence-electron chi connectivity index (χ4n) is 4.51. The van der Waals surface area contributed by atoms with Crippen molar-refractivity contribution in [2.45, 2.75) is 38.3 Å². The maximum absolute atomic E-state index is 14.2. The van der Waals surface area contributed by atoms with Gasteiger partial charge in [-0.15, -0.1) is 0 Å². The number of benzene rings is 3. The number of nitrogens with zero attached hydrogens (tertiary/aromatic N) is 4. The molecule has 1 aliphatic heterocycles. The molecule has 1 heterocycles. The monoisotopic (exact) mass is 610 g/mol. The molecule has 3 aromatic rings. The first-order chi connectivity index (χ1) is 20.3. The van der Waals surface area contributed by atoms with Crippen LogP contribution >= 0.6 is 23.2 Å². The second-order valence-electron chi connectivity index (χ2n) is 10.2. The number of hydrogen-bond acceptors (Lipinski definition) is 7. The summed E-state index contributed by atoms with van der Waals surface area (Å²) in [4.78, 5) is 22.1. The summed E-state index contributed by atoms with van der Waals surface area (Å²) in [5, 5.41) is 13.6. The van der Waals surface area contributed by atoms with Crippen LogP contribution in [-0.2, 0) is 16.0 Å². The number of carbonyl (C=O) groups is 1. The highest BCUT2D eigenvalue weighted by Crippen LogP contribution is 2.45. The molecule has 0 unspecified atom stereocenters. The van der Waals surface area contributed by atoms with Crippen LogP contribution in [0.3, 0.4) is 0 Å². The summed E-state index contributed by atoms with van der Waals surface area (Å²) >= 11 is 12.9. The lowest BCUT2D eigenvalue weighted by Gasteiger charge is -2.31. The molecule has 4 rings (SSSR count). The molecule has 0 fully saturated rings. The fourth-order valence-corrected chi connectivity index (χ4v) is 5.02. The van der Waals surface area contributed by atoms with Gasteiger partial charge in [0.25, 0.3) is 5.91 Å². The van der Waals surface area contributed by atoms with Gasteiger partial charge in [0.05, 0.1) is 6.61 Å². The normalized spacial score (nSPS) is 17.8. The van der Waals surface area contributed by atoms with Crippen molar-refractivity contribution >= 4 is 40.7 Å². The van der Waals surface area contributed by atoms with Crippen molar-refractivity contribution in [3.05, 3.63) is 104 Å². The molecular weight excluding hydrogens is 579 g/mol. The number of aliphatic hydroxyl groups is 1. The van der Waals surface area contributed by atoms with Gasteiger partial charge >= 0.3 is 0 Å². The summed E-state index contributed by atoms with van der Waals surface area (Å²) in [6.07, 6.45) is -0.411. The van der Waals surface area contributed by atoms with Crippen LogP contribution in [0.1, 0.15) is 43.1 Å². The molecule has 0 radical (unpaired) electrons. The molecule has 12 heteroatoms. The Morgan fingerprint density at radius 2 is 1.95 bits per heavy atom. The largest absolute Gasteiger partial charge is 0.494 e. The summed E-state index contributed by atoms with van der Waals surface area (Å²) in [6, 6.07) is 19.1. The number of azide groups is 1. The number of aliphatic hydroxyl groups excluding tert-OH is 1. The summed E-state index contributed by atoms with van der Waals surface area (Å²) in [5.74, 6) is 0.667. The Morgan fingerprint density at radius 3 is 2.64 bits per heavy atom. The molecule has 1 amide bonds. The lowest BCUT2D eigenvalue weighted by molar-refractivity contribution is -0.130. The zero-order chi connectivity index (χ0) is 30.1. The highest BCUT2D eigenvalue weighted by molar-refractivity contribution is 6.35. The zero-order valence-electron chi connectivity index (χ0n) is 23.3. The summed E-state index contributed by atoms with van der Waals surface area (Å²) in [7, 11) is 0. The Hall–Kier alpha value is -3.79. The Kier molecular flexibility index (Phi) is 10.7. The number of halogens is 2. The Bertz CT molecular complexity index is 1480. The number of carbonyl (C=O) groups excluding carboxylic acids is 1. The third-order valence-electron chi connectivity index (χ3n) is 6.59. The highest BCUT2D eigenvalue weighted by atomic mass is 35.5. The van der Waals surface area contributed by atoms with Crippen molar-refractivity contribution in [2.24, 2.45) is 16.0 Å².